The maximum absolute atomic E-state index is 11.5. The molecule has 0 aliphatic heterocycles. The fourth-order valence-corrected chi connectivity index (χ4v) is 1.14. The van der Waals surface area contributed by atoms with Gasteiger partial charge in [-0.1, -0.05) is 6.92 Å². The Morgan fingerprint density at radius 1 is 1.47 bits per heavy atom. The summed E-state index contributed by atoms with van der Waals surface area (Å²) in [4.78, 5) is 25.9. The van der Waals surface area contributed by atoms with Crippen molar-refractivity contribution in [2.45, 2.75) is 13.3 Å². The summed E-state index contributed by atoms with van der Waals surface area (Å²) in [7, 11) is 0. The first-order valence-corrected chi connectivity index (χ1v) is 4.58. The third-order valence-electron chi connectivity index (χ3n) is 1.97. The number of pyridine rings is 1. The molecule has 2 N–H and O–H groups in total. The molecule has 0 aliphatic rings. The molecule has 1 atom stereocenters. The van der Waals surface area contributed by atoms with Crippen LogP contribution in [0.4, 0.5) is 5.69 Å². The van der Waals surface area contributed by atoms with Crippen LogP contribution in [0, 0.1) is 5.92 Å². The molecule has 15 heavy (non-hydrogen) atoms. The summed E-state index contributed by atoms with van der Waals surface area (Å²) in [6.45, 7) is 1.66. The lowest BCUT2D eigenvalue weighted by Crippen LogP contribution is -2.28. The van der Waals surface area contributed by atoms with Crippen LogP contribution in [0.2, 0.25) is 0 Å². The van der Waals surface area contributed by atoms with E-state index < -0.39 is 17.8 Å². The smallest absolute Gasteiger partial charge is 0.316 e. The lowest BCUT2D eigenvalue weighted by molar-refractivity contribution is -0.145. The summed E-state index contributed by atoms with van der Waals surface area (Å²) < 4.78 is 0. The van der Waals surface area contributed by atoms with Crippen LogP contribution in [0.5, 0.6) is 0 Å². The SMILES string of the molecule is CCC(C(=O)O)C(=O)Nc1ccncc1. The fraction of sp³-hybridized carbons (Fsp3) is 0.300. The number of aromatic nitrogens is 1. The van der Waals surface area contributed by atoms with Gasteiger partial charge in [0.05, 0.1) is 0 Å². The minimum absolute atomic E-state index is 0.270. The van der Waals surface area contributed by atoms with E-state index in [0.717, 1.165) is 0 Å². The van der Waals surface area contributed by atoms with E-state index >= 15 is 0 Å². The van der Waals surface area contributed by atoms with Gasteiger partial charge in [0.1, 0.15) is 5.92 Å². The highest BCUT2D eigenvalue weighted by Crippen LogP contribution is 2.09. The van der Waals surface area contributed by atoms with E-state index in [2.05, 4.69) is 10.3 Å². The number of carboxylic acid groups (broad SMARTS) is 1. The van der Waals surface area contributed by atoms with E-state index in [0.29, 0.717) is 5.69 Å². The highest BCUT2D eigenvalue weighted by atomic mass is 16.4. The van der Waals surface area contributed by atoms with Crippen molar-refractivity contribution in [1.82, 2.24) is 4.98 Å². The summed E-state index contributed by atoms with van der Waals surface area (Å²) in [5.41, 5.74) is 0.551. The predicted molar refractivity (Wildman–Crippen MR) is 54.3 cm³/mol. The second kappa shape index (κ2) is 5.09. The van der Waals surface area contributed by atoms with Gasteiger partial charge in [-0.25, -0.2) is 0 Å². The molecule has 1 aromatic rings. The van der Waals surface area contributed by atoms with Crippen LogP contribution in [0.3, 0.4) is 0 Å². The van der Waals surface area contributed by atoms with E-state index in [9.17, 15) is 9.59 Å². The Morgan fingerprint density at radius 3 is 2.53 bits per heavy atom. The van der Waals surface area contributed by atoms with Crippen molar-refractivity contribution < 1.29 is 14.7 Å². The molecular weight excluding hydrogens is 196 g/mol. The van der Waals surface area contributed by atoms with Gasteiger partial charge in [-0.15, -0.1) is 0 Å². The molecular formula is C10H12N2O3. The van der Waals surface area contributed by atoms with Gasteiger partial charge in [0.2, 0.25) is 5.91 Å². The Morgan fingerprint density at radius 2 is 2.07 bits per heavy atom. The number of anilines is 1. The summed E-state index contributed by atoms with van der Waals surface area (Å²) in [6, 6.07) is 3.21. The molecule has 0 saturated carbocycles. The Hall–Kier alpha value is -1.91. The third-order valence-corrected chi connectivity index (χ3v) is 1.97. The van der Waals surface area contributed by atoms with Crippen molar-refractivity contribution in [3.8, 4) is 0 Å². The van der Waals surface area contributed by atoms with Crippen LogP contribution in [0.15, 0.2) is 24.5 Å². The summed E-state index contributed by atoms with van der Waals surface area (Å²) in [5.74, 6) is -2.61. The van der Waals surface area contributed by atoms with E-state index in [-0.39, 0.29) is 6.42 Å². The molecule has 1 amide bonds. The number of hydrogen-bond donors (Lipinski definition) is 2. The number of carboxylic acids is 1. The number of carbonyl (C=O) groups excluding carboxylic acids is 1. The standard InChI is InChI=1S/C10H12N2O3/c1-2-8(10(14)15)9(13)12-7-3-5-11-6-4-7/h3-6,8H,2H2,1H3,(H,14,15)(H,11,12,13). The Kier molecular flexibility index (Phi) is 3.79. The van der Waals surface area contributed by atoms with Gasteiger partial charge in [0.25, 0.3) is 0 Å². The maximum atomic E-state index is 11.5. The first-order chi connectivity index (χ1) is 7.15. The van der Waals surface area contributed by atoms with Gasteiger partial charge in [-0.05, 0) is 18.6 Å². The zero-order valence-electron chi connectivity index (χ0n) is 8.30. The highest BCUT2D eigenvalue weighted by molar-refractivity contribution is 6.04. The first-order valence-electron chi connectivity index (χ1n) is 4.58. The van der Waals surface area contributed by atoms with Crippen molar-refractivity contribution in [2.24, 2.45) is 5.92 Å². The number of aliphatic carboxylic acids is 1. The zero-order chi connectivity index (χ0) is 11.3. The third kappa shape index (κ3) is 3.05. The normalized spacial score (nSPS) is 11.8. The Labute approximate surface area is 87.1 Å². The molecule has 0 aliphatic carbocycles. The zero-order valence-corrected chi connectivity index (χ0v) is 8.30. The first kappa shape index (κ1) is 11.2. The van der Waals surface area contributed by atoms with Gasteiger partial charge < -0.3 is 10.4 Å². The van der Waals surface area contributed by atoms with Gasteiger partial charge >= 0.3 is 5.97 Å². The minimum Gasteiger partial charge on any atom is -0.481 e. The fourth-order valence-electron chi connectivity index (χ4n) is 1.14. The second-order valence-electron chi connectivity index (χ2n) is 3.02. The molecule has 1 rings (SSSR count). The topological polar surface area (TPSA) is 79.3 Å². The van der Waals surface area contributed by atoms with E-state index in [4.69, 9.17) is 5.11 Å². The summed E-state index contributed by atoms with van der Waals surface area (Å²) >= 11 is 0. The van der Waals surface area contributed by atoms with Crippen molar-refractivity contribution >= 4 is 17.6 Å². The molecule has 0 spiro atoms. The number of carbonyl (C=O) groups is 2. The molecule has 1 heterocycles. The number of nitrogens with zero attached hydrogens (tertiary/aromatic N) is 1. The molecule has 0 aromatic carbocycles. The van der Waals surface area contributed by atoms with Crippen LogP contribution in [-0.4, -0.2) is 22.0 Å². The number of amides is 1. The molecule has 0 bridgehead atoms. The molecule has 80 valence electrons. The lowest BCUT2D eigenvalue weighted by Gasteiger charge is -2.10. The van der Waals surface area contributed by atoms with Gasteiger partial charge in [-0.2, -0.15) is 0 Å². The van der Waals surface area contributed by atoms with Gasteiger partial charge in [-0.3, -0.25) is 14.6 Å². The lowest BCUT2D eigenvalue weighted by atomic mass is 10.1. The Bertz CT molecular complexity index is 351. The molecule has 0 radical (unpaired) electrons. The maximum Gasteiger partial charge on any atom is 0.316 e. The van der Waals surface area contributed by atoms with Crippen molar-refractivity contribution in [1.29, 1.82) is 0 Å². The average Bonchev–Trinajstić information content (AvgIpc) is 2.19. The second-order valence-corrected chi connectivity index (χ2v) is 3.02. The van der Waals surface area contributed by atoms with Crippen LogP contribution >= 0.6 is 0 Å². The van der Waals surface area contributed by atoms with Crippen LogP contribution in [0.1, 0.15) is 13.3 Å². The largest absolute Gasteiger partial charge is 0.481 e. The minimum atomic E-state index is -1.11. The van der Waals surface area contributed by atoms with E-state index in [1.54, 1.807) is 19.1 Å². The molecule has 1 aromatic heterocycles. The number of nitrogens with one attached hydrogen (secondary N) is 1. The van der Waals surface area contributed by atoms with Crippen LogP contribution in [-0.2, 0) is 9.59 Å². The van der Waals surface area contributed by atoms with Crippen molar-refractivity contribution in [2.75, 3.05) is 5.32 Å². The van der Waals surface area contributed by atoms with Crippen LogP contribution in [0.25, 0.3) is 0 Å². The highest BCUT2D eigenvalue weighted by Gasteiger charge is 2.23. The molecule has 5 nitrogen and oxygen atoms in total. The van der Waals surface area contributed by atoms with Gasteiger partial charge in [0.15, 0.2) is 0 Å². The van der Waals surface area contributed by atoms with E-state index in [1.165, 1.54) is 12.4 Å². The molecule has 1 unspecified atom stereocenters. The predicted octanol–water partition coefficient (Wildman–Crippen LogP) is 1.13. The van der Waals surface area contributed by atoms with Crippen molar-refractivity contribution in [3.63, 3.8) is 0 Å². The quantitative estimate of drug-likeness (QED) is 0.727. The van der Waals surface area contributed by atoms with Gasteiger partial charge in [0, 0.05) is 18.1 Å². The molecule has 5 heteroatoms. The summed E-state index contributed by atoms with van der Waals surface area (Å²) in [5, 5.41) is 11.3. The molecule has 0 saturated heterocycles. The molecule has 0 fully saturated rings. The Balaban J connectivity index is 2.66. The average molecular weight is 208 g/mol. The number of rotatable bonds is 4. The number of hydrogen-bond acceptors (Lipinski definition) is 3. The van der Waals surface area contributed by atoms with Crippen LogP contribution < -0.4 is 5.32 Å². The van der Waals surface area contributed by atoms with E-state index in [1.807, 2.05) is 0 Å². The van der Waals surface area contributed by atoms with Crippen molar-refractivity contribution in [3.05, 3.63) is 24.5 Å². The summed E-state index contributed by atoms with van der Waals surface area (Å²) in [6.07, 6.45) is 3.32. The monoisotopic (exact) mass is 208 g/mol.